The van der Waals surface area contributed by atoms with E-state index in [1.807, 2.05) is 6.08 Å². The maximum absolute atomic E-state index is 4.09. The summed E-state index contributed by atoms with van der Waals surface area (Å²) in [6, 6.07) is 10.6. The van der Waals surface area contributed by atoms with Gasteiger partial charge in [0.2, 0.25) is 0 Å². The van der Waals surface area contributed by atoms with E-state index < -0.39 is 0 Å². The molecule has 1 fully saturated rings. The number of likely N-dealkylation sites (tertiary alicyclic amines) is 1. The molecule has 0 spiro atoms. The average molecular weight is 199 g/mol. The molecule has 1 aliphatic heterocycles. The van der Waals surface area contributed by atoms with Crippen molar-refractivity contribution in [3.05, 3.63) is 60.7 Å². The first kappa shape index (κ1) is 10.2. The van der Waals surface area contributed by atoms with Crippen LogP contribution in [0.15, 0.2) is 55.1 Å². The van der Waals surface area contributed by atoms with Crippen LogP contribution >= 0.6 is 0 Å². The van der Waals surface area contributed by atoms with Gasteiger partial charge < -0.3 is 0 Å². The van der Waals surface area contributed by atoms with Gasteiger partial charge >= 0.3 is 0 Å². The Morgan fingerprint density at radius 1 is 1.33 bits per heavy atom. The van der Waals surface area contributed by atoms with E-state index in [0.29, 0.717) is 5.92 Å². The molecule has 0 amide bonds. The lowest BCUT2D eigenvalue weighted by molar-refractivity contribution is 0.327. The standard InChI is InChI=1S/C14H17N/c1-3-14-11-15(9-12(14)2)10-13-7-5-4-6-8-13/h3-8,14H,1-2,9-11H2. The van der Waals surface area contributed by atoms with Crippen LogP contribution in [0.1, 0.15) is 5.56 Å². The van der Waals surface area contributed by atoms with Gasteiger partial charge in [-0.15, -0.1) is 6.58 Å². The molecule has 0 radical (unpaired) electrons. The third-order valence-electron chi connectivity index (χ3n) is 2.94. The number of benzene rings is 1. The van der Waals surface area contributed by atoms with E-state index in [4.69, 9.17) is 0 Å². The summed E-state index contributed by atoms with van der Waals surface area (Å²) in [6.07, 6.45) is 2.01. The van der Waals surface area contributed by atoms with Gasteiger partial charge in [-0.05, 0) is 5.56 Å². The third kappa shape index (κ3) is 2.37. The molecule has 1 nitrogen and oxygen atoms in total. The Balaban J connectivity index is 1.98. The predicted octanol–water partition coefficient (Wildman–Crippen LogP) is 2.86. The molecule has 2 rings (SSSR count). The number of rotatable bonds is 3. The molecule has 0 aliphatic carbocycles. The molecule has 15 heavy (non-hydrogen) atoms. The third-order valence-corrected chi connectivity index (χ3v) is 2.94. The highest BCUT2D eigenvalue weighted by atomic mass is 15.1. The van der Waals surface area contributed by atoms with E-state index >= 15 is 0 Å². The van der Waals surface area contributed by atoms with E-state index in [2.05, 4.69) is 48.4 Å². The van der Waals surface area contributed by atoms with Gasteiger partial charge in [-0.25, -0.2) is 0 Å². The lowest BCUT2D eigenvalue weighted by Gasteiger charge is -2.14. The minimum absolute atomic E-state index is 0.480. The monoisotopic (exact) mass is 199 g/mol. The zero-order valence-electron chi connectivity index (χ0n) is 9.02. The number of nitrogens with zero attached hydrogens (tertiary/aromatic N) is 1. The topological polar surface area (TPSA) is 3.24 Å². The maximum atomic E-state index is 4.09. The van der Waals surface area contributed by atoms with Crippen LogP contribution in [0.5, 0.6) is 0 Å². The Morgan fingerprint density at radius 2 is 2.07 bits per heavy atom. The molecule has 1 heterocycles. The van der Waals surface area contributed by atoms with Crippen LogP contribution in [-0.4, -0.2) is 18.0 Å². The van der Waals surface area contributed by atoms with Crippen molar-refractivity contribution >= 4 is 0 Å². The van der Waals surface area contributed by atoms with Crippen LogP contribution in [0.25, 0.3) is 0 Å². The molecule has 1 aromatic carbocycles. The van der Waals surface area contributed by atoms with Gasteiger partial charge in [0.25, 0.3) is 0 Å². The smallest absolute Gasteiger partial charge is 0.0237 e. The van der Waals surface area contributed by atoms with Crippen molar-refractivity contribution in [3.8, 4) is 0 Å². The molecule has 0 bridgehead atoms. The van der Waals surface area contributed by atoms with Crippen LogP contribution < -0.4 is 0 Å². The van der Waals surface area contributed by atoms with Crippen molar-refractivity contribution in [2.75, 3.05) is 13.1 Å². The second kappa shape index (κ2) is 4.45. The fourth-order valence-corrected chi connectivity index (χ4v) is 2.08. The molecule has 1 atom stereocenters. The predicted molar refractivity (Wildman–Crippen MR) is 64.5 cm³/mol. The molecule has 1 aliphatic rings. The molecule has 1 aromatic rings. The van der Waals surface area contributed by atoms with E-state index in [0.717, 1.165) is 19.6 Å². The first-order valence-electron chi connectivity index (χ1n) is 5.36. The molecular formula is C14H17N. The van der Waals surface area contributed by atoms with Crippen molar-refractivity contribution in [3.63, 3.8) is 0 Å². The second-order valence-corrected chi connectivity index (χ2v) is 4.16. The lowest BCUT2D eigenvalue weighted by Crippen LogP contribution is -2.19. The molecule has 1 saturated heterocycles. The fourth-order valence-electron chi connectivity index (χ4n) is 2.08. The summed E-state index contributed by atoms with van der Waals surface area (Å²) in [6.45, 7) is 11.0. The van der Waals surface area contributed by atoms with E-state index in [-0.39, 0.29) is 0 Å². The Kier molecular flexibility index (Phi) is 3.02. The van der Waals surface area contributed by atoms with Gasteiger partial charge in [-0.3, -0.25) is 4.90 Å². The van der Waals surface area contributed by atoms with E-state index in [9.17, 15) is 0 Å². The van der Waals surface area contributed by atoms with E-state index in [1.165, 1.54) is 11.1 Å². The minimum Gasteiger partial charge on any atom is -0.294 e. The zero-order valence-corrected chi connectivity index (χ0v) is 9.02. The Labute approximate surface area is 91.7 Å². The molecule has 0 aromatic heterocycles. The summed E-state index contributed by atoms with van der Waals surface area (Å²) < 4.78 is 0. The maximum Gasteiger partial charge on any atom is 0.0237 e. The SMILES string of the molecule is C=CC1CN(Cc2ccccc2)CC1=C. The van der Waals surface area contributed by atoms with Crippen LogP contribution in [0.2, 0.25) is 0 Å². The number of hydrogen-bond donors (Lipinski definition) is 0. The second-order valence-electron chi connectivity index (χ2n) is 4.16. The van der Waals surface area contributed by atoms with E-state index in [1.54, 1.807) is 0 Å². The summed E-state index contributed by atoms with van der Waals surface area (Å²) in [5.41, 5.74) is 2.66. The summed E-state index contributed by atoms with van der Waals surface area (Å²) in [5.74, 6) is 0.480. The zero-order chi connectivity index (χ0) is 10.7. The molecular weight excluding hydrogens is 182 g/mol. The Bertz CT molecular complexity index is 353. The van der Waals surface area contributed by atoms with Crippen molar-refractivity contribution in [1.82, 2.24) is 4.90 Å². The highest BCUT2D eigenvalue weighted by Crippen LogP contribution is 2.23. The van der Waals surface area contributed by atoms with Gasteiger partial charge in [0.15, 0.2) is 0 Å². The first-order valence-corrected chi connectivity index (χ1v) is 5.36. The highest BCUT2D eigenvalue weighted by Gasteiger charge is 2.23. The van der Waals surface area contributed by atoms with Crippen LogP contribution in [0.3, 0.4) is 0 Å². The molecule has 1 unspecified atom stereocenters. The quantitative estimate of drug-likeness (QED) is 0.677. The first-order chi connectivity index (χ1) is 7.29. The average Bonchev–Trinajstić information content (AvgIpc) is 2.60. The van der Waals surface area contributed by atoms with Crippen molar-refractivity contribution in [1.29, 1.82) is 0 Å². The van der Waals surface area contributed by atoms with Gasteiger partial charge in [0, 0.05) is 25.6 Å². The van der Waals surface area contributed by atoms with Crippen LogP contribution in [0.4, 0.5) is 0 Å². The van der Waals surface area contributed by atoms with Crippen molar-refractivity contribution in [2.45, 2.75) is 6.54 Å². The van der Waals surface area contributed by atoms with Gasteiger partial charge in [-0.1, -0.05) is 48.6 Å². The summed E-state index contributed by atoms with van der Waals surface area (Å²) >= 11 is 0. The van der Waals surface area contributed by atoms with Gasteiger partial charge in [-0.2, -0.15) is 0 Å². The molecule has 0 saturated carbocycles. The summed E-state index contributed by atoms with van der Waals surface area (Å²) in [4.78, 5) is 2.42. The highest BCUT2D eigenvalue weighted by molar-refractivity contribution is 5.19. The Hall–Kier alpha value is -1.34. The van der Waals surface area contributed by atoms with Gasteiger partial charge in [0.05, 0.1) is 0 Å². The van der Waals surface area contributed by atoms with Gasteiger partial charge in [0.1, 0.15) is 0 Å². The lowest BCUT2D eigenvalue weighted by atomic mass is 10.1. The van der Waals surface area contributed by atoms with Crippen molar-refractivity contribution in [2.24, 2.45) is 5.92 Å². The molecule has 0 N–H and O–H groups in total. The Morgan fingerprint density at radius 3 is 2.67 bits per heavy atom. The van der Waals surface area contributed by atoms with Crippen molar-refractivity contribution < 1.29 is 0 Å². The fraction of sp³-hybridized carbons (Fsp3) is 0.286. The summed E-state index contributed by atoms with van der Waals surface area (Å²) in [5, 5.41) is 0. The molecule has 78 valence electrons. The minimum atomic E-state index is 0.480. The van der Waals surface area contributed by atoms with Crippen LogP contribution in [-0.2, 0) is 6.54 Å². The summed E-state index contributed by atoms with van der Waals surface area (Å²) in [7, 11) is 0. The number of hydrogen-bond acceptors (Lipinski definition) is 1. The molecule has 1 heteroatoms. The largest absolute Gasteiger partial charge is 0.294 e. The normalized spacial score (nSPS) is 21.9. The van der Waals surface area contributed by atoms with Crippen LogP contribution in [0, 0.1) is 5.92 Å².